The molecular weight excluding hydrogens is 493 g/mol. The number of hydrogen-bond acceptors (Lipinski definition) is 3. The topological polar surface area (TPSA) is 60.9 Å². The Balaban J connectivity index is 1.49. The van der Waals surface area contributed by atoms with Crippen LogP contribution in [0.15, 0.2) is 48.5 Å². The lowest BCUT2D eigenvalue weighted by Gasteiger charge is -2.38. The van der Waals surface area contributed by atoms with Crippen molar-refractivity contribution in [1.29, 1.82) is 0 Å². The second kappa shape index (κ2) is 11.6. The normalized spacial score (nSPS) is 16.5. The van der Waals surface area contributed by atoms with E-state index in [2.05, 4.69) is 0 Å². The maximum absolute atomic E-state index is 13.8. The first-order chi connectivity index (χ1) is 16.9. The summed E-state index contributed by atoms with van der Waals surface area (Å²) in [5.74, 6) is -1.14. The molecule has 2 aromatic carbocycles. The molecule has 0 bridgehead atoms. The van der Waals surface area contributed by atoms with Crippen molar-refractivity contribution in [1.82, 2.24) is 9.80 Å². The number of halogens is 4. The Hall–Kier alpha value is -2.58. The molecule has 1 saturated heterocycles. The molecule has 3 rings (SSSR count). The quantitative estimate of drug-likeness (QED) is 0.468. The lowest BCUT2D eigenvalue weighted by molar-refractivity contribution is -0.262. The van der Waals surface area contributed by atoms with Crippen molar-refractivity contribution in [2.24, 2.45) is 5.92 Å². The molecular formula is C27H32ClF3N2O3. The highest BCUT2D eigenvalue weighted by Gasteiger charge is 2.62. The molecule has 0 saturated carbocycles. The van der Waals surface area contributed by atoms with Crippen LogP contribution < -0.4 is 0 Å². The number of aryl methyl sites for hydroxylation is 1. The average molecular weight is 525 g/mol. The molecule has 1 aliphatic rings. The minimum atomic E-state index is -5.12. The molecule has 0 aromatic heterocycles. The fourth-order valence-electron chi connectivity index (χ4n) is 4.63. The van der Waals surface area contributed by atoms with Crippen molar-refractivity contribution >= 4 is 23.4 Å². The van der Waals surface area contributed by atoms with E-state index in [-0.39, 0.29) is 19.0 Å². The summed E-state index contributed by atoms with van der Waals surface area (Å²) >= 11 is 6.27. The van der Waals surface area contributed by atoms with Gasteiger partial charge in [-0.1, -0.05) is 60.8 Å². The number of amides is 2. The minimum Gasteiger partial charge on any atom is -0.369 e. The summed E-state index contributed by atoms with van der Waals surface area (Å²) in [5, 5.41) is 11.0. The molecule has 1 fully saturated rings. The highest BCUT2D eigenvalue weighted by atomic mass is 35.5. The van der Waals surface area contributed by atoms with Gasteiger partial charge in [0, 0.05) is 32.7 Å². The first kappa shape index (κ1) is 28.0. The first-order valence-corrected chi connectivity index (χ1v) is 12.5. The number of piperidine rings is 1. The summed E-state index contributed by atoms with van der Waals surface area (Å²) in [6.07, 6.45) is -0.353. The Labute approximate surface area is 214 Å². The van der Waals surface area contributed by atoms with E-state index in [1.54, 1.807) is 20.2 Å². The molecule has 196 valence electrons. The summed E-state index contributed by atoms with van der Waals surface area (Å²) in [4.78, 5) is 27.6. The van der Waals surface area contributed by atoms with Crippen LogP contribution in [-0.2, 0) is 16.8 Å². The number of likely N-dealkylation sites (tertiary alicyclic amines) is 1. The van der Waals surface area contributed by atoms with Crippen molar-refractivity contribution in [2.45, 2.75) is 50.3 Å². The van der Waals surface area contributed by atoms with Gasteiger partial charge in [-0.2, -0.15) is 13.2 Å². The lowest BCUT2D eigenvalue weighted by Crippen LogP contribution is -2.57. The zero-order chi connectivity index (χ0) is 26.5. The molecule has 9 heteroatoms. The standard InChI is InChI=1S/C27H32ClF3N2O3/c1-32(2)24(34)22-13-12-20(18-23(22)28)9-7-6-8-19-14-16-33(17-15-19)25(35)26(36,27(29,30)31)21-10-4-3-5-11-21/h3-5,10-13,18-19,36H,6-9,14-17H2,1-2H3. The Morgan fingerprint density at radius 3 is 2.25 bits per heavy atom. The van der Waals surface area contributed by atoms with Gasteiger partial charge in [0.2, 0.25) is 0 Å². The molecule has 1 heterocycles. The number of aliphatic hydroxyl groups is 1. The summed E-state index contributed by atoms with van der Waals surface area (Å²) in [6.45, 7) is 0.372. The van der Waals surface area contributed by atoms with E-state index in [0.29, 0.717) is 29.3 Å². The predicted molar refractivity (Wildman–Crippen MR) is 133 cm³/mol. The van der Waals surface area contributed by atoms with Crippen molar-refractivity contribution < 1.29 is 27.9 Å². The zero-order valence-electron chi connectivity index (χ0n) is 20.5. The van der Waals surface area contributed by atoms with Crippen LogP contribution in [0.1, 0.15) is 53.6 Å². The number of carbonyl (C=O) groups excluding carboxylic acids is 2. The Bertz CT molecular complexity index is 1050. The van der Waals surface area contributed by atoms with E-state index in [4.69, 9.17) is 11.6 Å². The van der Waals surface area contributed by atoms with Crippen LogP contribution in [-0.4, -0.2) is 60.1 Å². The van der Waals surface area contributed by atoms with E-state index in [0.717, 1.165) is 48.3 Å². The molecule has 1 N–H and O–H groups in total. The Morgan fingerprint density at radius 1 is 1.06 bits per heavy atom. The van der Waals surface area contributed by atoms with Gasteiger partial charge in [-0.25, -0.2) is 0 Å². The van der Waals surface area contributed by atoms with Crippen molar-refractivity contribution in [3.8, 4) is 0 Å². The van der Waals surface area contributed by atoms with Gasteiger partial charge < -0.3 is 14.9 Å². The molecule has 0 spiro atoms. The van der Waals surface area contributed by atoms with Gasteiger partial charge in [-0.15, -0.1) is 0 Å². The fourth-order valence-corrected chi connectivity index (χ4v) is 4.92. The van der Waals surface area contributed by atoms with Crippen LogP contribution >= 0.6 is 11.6 Å². The third kappa shape index (κ3) is 6.21. The summed E-state index contributed by atoms with van der Waals surface area (Å²) < 4.78 is 41.4. The van der Waals surface area contributed by atoms with Crippen LogP contribution in [0.25, 0.3) is 0 Å². The maximum atomic E-state index is 13.8. The number of carbonyl (C=O) groups is 2. The summed E-state index contributed by atoms with van der Waals surface area (Å²) in [7, 11) is 3.35. The maximum Gasteiger partial charge on any atom is 0.430 e. The van der Waals surface area contributed by atoms with E-state index >= 15 is 0 Å². The smallest absolute Gasteiger partial charge is 0.369 e. The van der Waals surface area contributed by atoms with Gasteiger partial charge in [-0.05, 0) is 49.3 Å². The van der Waals surface area contributed by atoms with Crippen LogP contribution in [0.4, 0.5) is 13.2 Å². The molecule has 0 aliphatic carbocycles. The van der Waals surface area contributed by atoms with Crippen molar-refractivity contribution in [3.63, 3.8) is 0 Å². The van der Waals surface area contributed by atoms with Crippen molar-refractivity contribution in [2.75, 3.05) is 27.2 Å². The molecule has 1 aliphatic heterocycles. The third-order valence-corrected chi connectivity index (χ3v) is 7.12. The lowest BCUT2D eigenvalue weighted by atomic mass is 9.87. The van der Waals surface area contributed by atoms with Gasteiger partial charge in [0.25, 0.3) is 17.4 Å². The van der Waals surface area contributed by atoms with E-state index in [9.17, 15) is 27.9 Å². The Morgan fingerprint density at radius 2 is 1.69 bits per heavy atom. The SMILES string of the molecule is CN(C)C(=O)c1ccc(CCCCC2CCN(C(=O)C(O)(c3ccccc3)C(F)(F)F)CC2)cc1Cl. The van der Waals surface area contributed by atoms with Gasteiger partial charge in [0.05, 0.1) is 10.6 Å². The second-order valence-electron chi connectivity index (χ2n) is 9.57. The van der Waals surface area contributed by atoms with Crippen LogP contribution in [0, 0.1) is 5.92 Å². The number of unbranched alkanes of at least 4 members (excludes halogenated alkanes) is 1. The molecule has 5 nitrogen and oxygen atoms in total. The largest absolute Gasteiger partial charge is 0.430 e. The van der Waals surface area contributed by atoms with E-state index < -0.39 is 23.2 Å². The van der Waals surface area contributed by atoms with Crippen LogP contribution in [0.5, 0.6) is 0 Å². The molecule has 1 atom stereocenters. The predicted octanol–water partition coefficient (Wildman–Crippen LogP) is 5.44. The fraction of sp³-hybridized carbons (Fsp3) is 0.481. The highest BCUT2D eigenvalue weighted by Crippen LogP contribution is 2.41. The number of nitrogens with zero attached hydrogens (tertiary/aromatic N) is 2. The molecule has 0 radical (unpaired) electrons. The number of alkyl halides is 3. The van der Waals surface area contributed by atoms with Crippen LogP contribution in [0.3, 0.4) is 0 Å². The molecule has 2 amide bonds. The molecule has 36 heavy (non-hydrogen) atoms. The first-order valence-electron chi connectivity index (χ1n) is 12.1. The molecule has 2 aromatic rings. The van der Waals surface area contributed by atoms with Gasteiger partial charge >= 0.3 is 6.18 Å². The Kier molecular flexibility index (Phi) is 9.06. The van der Waals surface area contributed by atoms with E-state index in [1.807, 2.05) is 12.1 Å². The second-order valence-corrected chi connectivity index (χ2v) is 9.98. The van der Waals surface area contributed by atoms with Crippen LogP contribution in [0.2, 0.25) is 5.02 Å². The summed E-state index contributed by atoms with van der Waals surface area (Å²) in [6, 6.07) is 12.0. The monoisotopic (exact) mass is 524 g/mol. The number of rotatable bonds is 8. The zero-order valence-corrected chi connectivity index (χ0v) is 21.3. The number of hydrogen-bond donors (Lipinski definition) is 1. The van der Waals surface area contributed by atoms with Gasteiger partial charge in [0.15, 0.2) is 0 Å². The van der Waals surface area contributed by atoms with Crippen molar-refractivity contribution in [3.05, 3.63) is 70.2 Å². The minimum absolute atomic E-state index is 0.145. The third-order valence-electron chi connectivity index (χ3n) is 6.81. The van der Waals surface area contributed by atoms with Gasteiger partial charge in [0.1, 0.15) is 0 Å². The summed E-state index contributed by atoms with van der Waals surface area (Å²) in [5.41, 5.74) is -2.50. The average Bonchev–Trinajstić information content (AvgIpc) is 2.85. The molecule has 1 unspecified atom stereocenters. The van der Waals surface area contributed by atoms with Gasteiger partial charge in [-0.3, -0.25) is 9.59 Å². The highest BCUT2D eigenvalue weighted by molar-refractivity contribution is 6.33. The number of benzene rings is 2. The van der Waals surface area contributed by atoms with E-state index in [1.165, 1.54) is 23.1 Å².